The third-order valence-electron chi connectivity index (χ3n) is 3.97. The largest absolute Gasteiger partial charge is 0.378 e. The monoisotopic (exact) mass is 326 g/mol. The smallest absolute Gasteiger partial charge is 0.251 e. The maximum Gasteiger partial charge on any atom is 0.251 e. The van der Waals surface area contributed by atoms with Crippen molar-refractivity contribution in [2.45, 2.75) is 13.3 Å². The van der Waals surface area contributed by atoms with E-state index >= 15 is 0 Å². The summed E-state index contributed by atoms with van der Waals surface area (Å²) in [6.07, 6.45) is 2.51. The number of amides is 1. The SMILES string of the molecule is CCCNC(=O)c1ccc(-c2cc(N3CCOCC3)ncn2)cc1. The highest BCUT2D eigenvalue weighted by atomic mass is 16.5. The van der Waals surface area contributed by atoms with E-state index in [4.69, 9.17) is 4.74 Å². The summed E-state index contributed by atoms with van der Waals surface area (Å²) in [4.78, 5) is 22.9. The minimum atomic E-state index is -0.0416. The van der Waals surface area contributed by atoms with Crippen LogP contribution in [-0.4, -0.2) is 48.7 Å². The third kappa shape index (κ3) is 3.89. The van der Waals surface area contributed by atoms with E-state index < -0.39 is 0 Å². The molecule has 0 unspecified atom stereocenters. The molecule has 0 radical (unpaired) electrons. The van der Waals surface area contributed by atoms with Gasteiger partial charge in [-0.3, -0.25) is 4.79 Å². The molecule has 1 aromatic heterocycles. The number of rotatable bonds is 5. The van der Waals surface area contributed by atoms with Crippen molar-refractivity contribution in [3.05, 3.63) is 42.2 Å². The summed E-state index contributed by atoms with van der Waals surface area (Å²) in [5.74, 6) is 0.869. The molecule has 3 rings (SSSR count). The van der Waals surface area contributed by atoms with Gasteiger partial charge < -0.3 is 15.0 Å². The Hall–Kier alpha value is -2.47. The second kappa shape index (κ2) is 7.88. The molecule has 6 heteroatoms. The number of aromatic nitrogens is 2. The van der Waals surface area contributed by atoms with E-state index in [2.05, 4.69) is 20.2 Å². The van der Waals surface area contributed by atoms with Gasteiger partial charge >= 0.3 is 0 Å². The fourth-order valence-corrected chi connectivity index (χ4v) is 2.60. The Morgan fingerprint density at radius 3 is 2.67 bits per heavy atom. The highest BCUT2D eigenvalue weighted by molar-refractivity contribution is 5.94. The van der Waals surface area contributed by atoms with Crippen LogP contribution in [0.25, 0.3) is 11.3 Å². The Morgan fingerprint density at radius 2 is 1.96 bits per heavy atom. The second-order valence-corrected chi connectivity index (χ2v) is 5.69. The first-order valence-electron chi connectivity index (χ1n) is 8.31. The Labute approximate surface area is 141 Å². The summed E-state index contributed by atoms with van der Waals surface area (Å²) >= 11 is 0. The topological polar surface area (TPSA) is 67.4 Å². The van der Waals surface area contributed by atoms with Crippen LogP contribution in [0.1, 0.15) is 23.7 Å². The maximum atomic E-state index is 12.0. The predicted molar refractivity (Wildman–Crippen MR) is 93.1 cm³/mol. The Balaban J connectivity index is 1.75. The zero-order valence-corrected chi connectivity index (χ0v) is 13.9. The third-order valence-corrected chi connectivity index (χ3v) is 3.97. The number of hydrogen-bond donors (Lipinski definition) is 1. The first-order chi connectivity index (χ1) is 11.8. The van der Waals surface area contributed by atoms with Crippen LogP contribution in [-0.2, 0) is 4.74 Å². The van der Waals surface area contributed by atoms with Crippen LogP contribution in [0.3, 0.4) is 0 Å². The summed E-state index contributed by atoms with van der Waals surface area (Å²) in [5.41, 5.74) is 2.49. The van der Waals surface area contributed by atoms with E-state index in [9.17, 15) is 4.79 Å². The normalized spacial score (nSPS) is 14.5. The van der Waals surface area contributed by atoms with Gasteiger partial charge in [0.15, 0.2) is 0 Å². The predicted octanol–water partition coefficient (Wildman–Crippen LogP) is 2.12. The molecule has 0 saturated carbocycles. The number of benzene rings is 1. The zero-order chi connectivity index (χ0) is 16.8. The van der Waals surface area contributed by atoms with E-state index in [1.807, 2.05) is 37.3 Å². The highest BCUT2D eigenvalue weighted by Gasteiger charge is 2.13. The van der Waals surface area contributed by atoms with Crippen LogP contribution in [0.2, 0.25) is 0 Å². The van der Waals surface area contributed by atoms with Gasteiger partial charge in [-0.2, -0.15) is 0 Å². The minimum absolute atomic E-state index is 0.0416. The first kappa shape index (κ1) is 16.4. The van der Waals surface area contributed by atoms with Crippen LogP contribution in [0.5, 0.6) is 0 Å². The molecule has 1 N–H and O–H groups in total. The lowest BCUT2D eigenvalue weighted by molar-refractivity contribution is 0.0953. The summed E-state index contributed by atoms with van der Waals surface area (Å²) in [5, 5.41) is 2.88. The maximum absolute atomic E-state index is 12.0. The van der Waals surface area contributed by atoms with Crippen LogP contribution >= 0.6 is 0 Å². The van der Waals surface area contributed by atoms with Gasteiger partial charge in [-0.1, -0.05) is 19.1 Å². The summed E-state index contributed by atoms with van der Waals surface area (Å²) in [6, 6.07) is 9.49. The molecule has 0 spiro atoms. The number of carbonyl (C=O) groups excluding carboxylic acids is 1. The molecule has 0 bridgehead atoms. The molecule has 2 heterocycles. The molecule has 1 aliphatic heterocycles. The Morgan fingerprint density at radius 1 is 1.21 bits per heavy atom. The van der Waals surface area contributed by atoms with Crippen molar-refractivity contribution in [3.8, 4) is 11.3 Å². The lowest BCUT2D eigenvalue weighted by Crippen LogP contribution is -2.36. The van der Waals surface area contributed by atoms with Crippen molar-refractivity contribution in [2.75, 3.05) is 37.7 Å². The first-order valence-corrected chi connectivity index (χ1v) is 8.31. The lowest BCUT2D eigenvalue weighted by Gasteiger charge is -2.27. The molecule has 24 heavy (non-hydrogen) atoms. The molecule has 2 aromatic rings. The van der Waals surface area contributed by atoms with Gasteiger partial charge in [-0.25, -0.2) is 9.97 Å². The molecule has 6 nitrogen and oxygen atoms in total. The van der Waals surface area contributed by atoms with Gasteiger partial charge in [-0.15, -0.1) is 0 Å². The van der Waals surface area contributed by atoms with Gasteiger partial charge in [-0.05, 0) is 18.6 Å². The van der Waals surface area contributed by atoms with Crippen LogP contribution in [0.15, 0.2) is 36.7 Å². The van der Waals surface area contributed by atoms with E-state index in [-0.39, 0.29) is 5.91 Å². The number of nitrogens with one attached hydrogen (secondary N) is 1. The van der Waals surface area contributed by atoms with Crippen LogP contribution in [0, 0.1) is 0 Å². The summed E-state index contributed by atoms with van der Waals surface area (Å²) in [6.45, 7) is 5.85. The molecular weight excluding hydrogens is 304 g/mol. The average molecular weight is 326 g/mol. The fourth-order valence-electron chi connectivity index (χ4n) is 2.60. The molecule has 0 aliphatic carbocycles. The van der Waals surface area contributed by atoms with Crippen LogP contribution < -0.4 is 10.2 Å². The number of hydrogen-bond acceptors (Lipinski definition) is 5. The number of morpholine rings is 1. The lowest BCUT2D eigenvalue weighted by atomic mass is 10.1. The van der Waals surface area contributed by atoms with Crippen molar-refractivity contribution in [3.63, 3.8) is 0 Å². The molecule has 126 valence electrons. The molecule has 1 aromatic carbocycles. The molecule has 0 atom stereocenters. The standard InChI is InChI=1S/C18H22N4O2/c1-2-7-19-18(23)15-5-3-14(4-6-15)16-12-17(21-13-20-16)22-8-10-24-11-9-22/h3-6,12-13H,2,7-11H2,1H3,(H,19,23). The minimum Gasteiger partial charge on any atom is -0.378 e. The quantitative estimate of drug-likeness (QED) is 0.911. The number of carbonyl (C=O) groups is 1. The van der Waals surface area contributed by atoms with Gasteiger partial charge in [0.25, 0.3) is 5.91 Å². The van der Waals surface area contributed by atoms with E-state index in [1.54, 1.807) is 6.33 Å². The zero-order valence-electron chi connectivity index (χ0n) is 13.9. The van der Waals surface area contributed by atoms with E-state index in [0.717, 1.165) is 49.8 Å². The van der Waals surface area contributed by atoms with Gasteiger partial charge in [0.05, 0.1) is 18.9 Å². The van der Waals surface area contributed by atoms with Gasteiger partial charge in [0, 0.05) is 36.8 Å². The Bertz CT molecular complexity index is 682. The van der Waals surface area contributed by atoms with Crippen molar-refractivity contribution in [1.82, 2.24) is 15.3 Å². The summed E-state index contributed by atoms with van der Waals surface area (Å²) < 4.78 is 5.38. The summed E-state index contributed by atoms with van der Waals surface area (Å²) in [7, 11) is 0. The van der Waals surface area contributed by atoms with Crippen molar-refractivity contribution in [1.29, 1.82) is 0 Å². The second-order valence-electron chi connectivity index (χ2n) is 5.69. The van der Waals surface area contributed by atoms with Gasteiger partial charge in [0.1, 0.15) is 12.1 Å². The van der Waals surface area contributed by atoms with E-state index in [1.165, 1.54) is 0 Å². The van der Waals surface area contributed by atoms with Gasteiger partial charge in [0.2, 0.25) is 0 Å². The molecule has 1 fully saturated rings. The Kier molecular flexibility index (Phi) is 5.38. The number of ether oxygens (including phenoxy) is 1. The molecule has 1 amide bonds. The highest BCUT2D eigenvalue weighted by Crippen LogP contribution is 2.21. The number of anilines is 1. The van der Waals surface area contributed by atoms with Crippen LogP contribution in [0.4, 0.5) is 5.82 Å². The molecule has 1 aliphatic rings. The molecule has 1 saturated heterocycles. The van der Waals surface area contributed by atoms with Crippen molar-refractivity contribution < 1.29 is 9.53 Å². The van der Waals surface area contributed by atoms with Crippen molar-refractivity contribution >= 4 is 11.7 Å². The average Bonchev–Trinajstić information content (AvgIpc) is 2.67. The van der Waals surface area contributed by atoms with E-state index in [0.29, 0.717) is 12.1 Å². The fraction of sp³-hybridized carbons (Fsp3) is 0.389. The molecular formula is C18H22N4O2. The number of nitrogens with zero attached hydrogens (tertiary/aromatic N) is 3. The van der Waals surface area contributed by atoms with Crippen molar-refractivity contribution in [2.24, 2.45) is 0 Å².